The normalized spacial score (nSPS) is 13.8. The van der Waals surface area contributed by atoms with Crippen molar-refractivity contribution in [3.63, 3.8) is 0 Å². The first-order valence-electron chi connectivity index (χ1n) is 13.5. The van der Waals surface area contributed by atoms with E-state index in [0.717, 1.165) is 59.1 Å². The maximum atomic E-state index is 12.0. The Balaban J connectivity index is 1.53. The molecule has 0 unspecified atom stereocenters. The second-order valence-electron chi connectivity index (χ2n) is 9.71. The first-order valence-corrected chi connectivity index (χ1v) is 14.2. The molecule has 0 amide bonds. The number of rotatable bonds is 12. The van der Waals surface area contributed by atoms with Crippen LogP contribution in [0.3, 0.4) is 0 Å². The SMILES string of the molecule is CCOC(=O)COc1cc(OC)ccc1Cn1nc(C2CCCCC2)c(Cc2ccc3nsnc3c2)c1OC=O. The van der Waals surface area contributed by atoms with Crippen molar-refractivity contribution in [1.29, 1.82) is 0 Å². The number of hydrogen-bond donors (Lipinski definition) is 0. The summed E-state index contributed by atoms with van der Waals surface area (Å²) in [4.78, 5) is 23.7. The number of carbonyl (C=O) groups is 2. The average molecular weight is 565 g/mol. The minimum atomic E-state index is -0.463. The number of benzene rings is 2. The molecule has 0 saturated heterocycles. The van der Waals surface area contributed by atoms with E-state index in [2.05, 4.69) is 8.75 Å². The van der Waals surface area contributed by atoms with Crippen LogP contribution in [0, 0.1) is 0 Å². The summed E-state index contributed by atoms with van der Waals surface area (Å²) in [5.41, 5.74) is 5.33. The Kier molecular flexibility index (Phi) is 8.90. The highest BCUT2D eigenvalue weighted by Crippen LogP contribution is 2.39. The van der Waals surface area contributed by atoms with E-state index in [4.69, 9.17) is 24.0 Å². The van der Waals surface area contributed by atoms with Crippen LogP contribution in [0.15, 0.2) is 36.4 Å². The highest BCUT2D eigenvalue weighted by atomic mass is 32.1. The second-order valence-corrected chi connectivity index (χ2v) is 10.2. The third-order valence-electron chi connectivity index (χ3n) is 7.13. The molecule has 0 aliphatic heterocycles. The van der Waals surface area contributed by atoms with E-state index >= 15 is 0 Å². The van der Waals surface area contributed by atoms with E-state index in [1.54, 1.807) is 24.8 Å². The lowest BCUT2D eigenvalue weighted by atomic mass is 9.84. The van der Waals surface area contributed by atoms with Crippen molar-refractivity contribution in [3.8, 4) is 17.4 Å². The number of aromatic nitrogens is 4. The van der Waals surface area contributed by atoms with Crippen molar-refractivity contribution in [1.82, 2.24) is 18.5 Å². The molecule has 0 atom stereocenters. The summed E-state index contributed by atoms with van der Waals surface area (Å²) in [6, 6.07) is 11.4. The van der Waals surface area contributed by atoms with Crippen LogP contribution in [-0.2, 0) is 27.3 Å². The highest BCUT2D eigenvalue weighted by molar-refractivity contribution is 7.00. The number of hydrogen-bond acceptors (Lipinski definition) is 10. The first-order chi connectivity index (χ1) is 19.6. The molecule has 2 aromatic heterocycles. The zero-order valence-corrected chi connectivity index (χ0v) is 23.4. The van der Waals surface area contributed by atoms with E-state index in [1.165, 1.54) is 18.1 Å². The smallest absolute Gasteiger partial charge is 0.344 e. The zero-order valence-electron chi connectivity index (χ0n) is 22.6. The molecule has 10 nitrogen and oxygen atoms in total. The van der Waals surface area contributed by atoms with Crippen LogP contribution in [0.5, 0.6) is 17.4 Å². The number of ether oxygens (including phenoxy) is 4. The molecule has 210 valence electrons. The monoisotopic (exact) mass is 564 g/mol. The summed E-state index contributed by atoms with van der Waals surface area (Å²) in [6.45, 7) is 2.48. The largest absolute Gasteiger partial charge is 0.497 e. The van der Waals surface area contributed by atoms with Crippen LogP contribution in [0.2, 0.25) is 0 Å². The minimum absolute atomic E-state index is 0.239. The van der Waals surface area contributed by atoms with Gasteiger partial charge in [0.1, 0.15) is 22.5 Å². The van der Waals surface area contributed by atoms with Crippen LogP contribution in [-0.4, -0.2) is 51.3 Å². The van der Waals surface area contributed by atoms with E-state index in [0.29, 0.717) is 30.3 Å². The summed E-state index contributed by atoms with van der Waals surface area (Å²) >= 11 is 1.19. The van der Waals surface area contributed by atoms with Gasteiger partial charge in [-0.1, -0.05) is 25.3 Å². The van der Waals surface area contributed by atoms with Crippen LogP contribution in [0.25, 0.3) is 11.0 Å². The molecule has 2 heterocycles. The number of carbonyl (C=O) groups excluding carboxylic acids is 2. The van der Waals surface area contributed by atoms with Crippen molar-refractivity contribution in [2.75, 3.05) is 20.3 Å². The Bertz CT molecular complexity index is 1480. The first kappa shape index (κ1) is 27.6. The minimum Gasteiger partial charge on any atom is -0.497 e. The summed E-state index contributed by atoms with van der Waals surface area (Å²) in [6.07, 6.45) is 6.11. The Hall–Kier alpha value is -3.99. The van der Waals surface area contributed by atoms with Gasteiger partial charge in [-0.2, -0.15) is 13.8 Å². The number of esters is 1. The molecule has 1 aliphatic carbocycles. The molecule has 40 heavy (non-hydrogen) atoms. The Labute approximate surface area is 236 Å². The van der Waals surface area contributed by atoms with Gasteiger partial charge in [0.25, 0.3) is 6.47 Å². The van der Waals surface area contributed by atoms with Crippen molar-refractivity contribution < 1.29 is 28.5 Å². The zero-order chi connectivity index (χ0) is 27.9. The number of methoxy groups -OCH3 is 1. The highest BCUT2D eigenvalue weighted by Gasteiger charge is 2.28. The topological polar surface area (TPSA) is 115 Å². The molecular weight excluding hydrogens is 532 g/mol. The molecule has 2 aromatic carbocycles. The molecule has 0 bridgehead atoms. The maximum Gasteiger partial charge on any atom is 0.344 e. The fraction of sp³-hybridized carbons (Fsp3) is 0.414. The summed E-state index contributed by atoms with van der Waals surface area (Å²) in [5.74, 6) is 1.26. The van der Waals surface area contributed by atoms with Crippen LogP contribution in [0.4, 0.5) is 0 Å². The molecule has 1 aliphatic rings. The predicted octanol–water partition coefficient (Wildman–Crippen LogP) is 5.06. The lowest BCUT2D eigenvalue weighted by molar-refractivity contribution is -0.145. The molecular formula is C29H32N4O6S. The molecule has 0 N–H and O–H groups in total. The van der Waals surface area contributed by atoms with Gasteiger partial charge in [-0.3, -0.25) is 4.79 Å². The summed E-state index contributed by atoms with van der Waals surface area (Å²) in [5, 5.41) is 5.03. The lowest BCUT2D eigenvalue weighted by Crippen LogP contribution is -2.16. The molecule has 5 rings (SSSR count). The third kappa shape index (κ3) is 6.25. The number of nitrogens with zero attached hydrogens (tertiary/aromatic N) is 4. The van der Waals surface area contributed by atoms with E-state index in [-0.39, 0.29) is 25.7 Å². The Morgan fingerprint density at radius 2 is 1.93 bits per heavy atom. The van der Waals surface area contributed by atoms with Gasteiger partial charge in [0.15, 0.2) is 6.61 Å². The molecule has 1 fully saturated rings. The van der Waals surface area contributed by atoms with Crippen molar-refractivity contribution in [2.45, 2.75) is 57.9 Å². The third-order valence-corrected chi connectivity index (χ3v) is 7.68. The second kappa shape index (κ2) is 12.9. The Morgan fingerprint density at radius 3 is 2.70 bits per heavy atom. The van der Waals surface area contributed by atoms with Gasteiger partial charge in [0, 0.05) is 29.5 Å². The van der Waals surface area contributed by atoms with Gasteiger partial charge in [0.05, 0.1) is 37.7 Å². The van der Waals surface area contributed by atoms with E-state index in [1.807, 2.05) is 30.3 Å². The standard InChI is InChI=1S/C29H32N4O6S/c1-3-37-27(35)17-38-26-15-22(36-2)11-10-21(26)16-33-29(39-18-34)23(28(30-33)20-7-5-4-6-8-20)13-19-9-12-24-25(14-19)32-40-31-24/h9-12,14-15,18,20H,3-8,13,16-17H2,1-2H3. The molecule has 0 spiro atoms. The molecule has 0 radical (unpaired) electrons. The van der Waals surface area contributed by atoms with E-state index < -0.39 is 5.97 Å². The van der Waals surface area contributed by atoms with Crippen LogP contribution in [0.1, 0.15) is 67.3 Å². The lowest BCUT2D eigenvalue weighted by Gasteiger charge is -2.21. The van der Waals surface area contributed by atoms with Crippen molar-refractivity contribution >= 4 is 35.2 Å². The van der Waals surface area contributed by atoms with Crippen LogP contribution < -0.4 is 14.2 Å². The van der Waals surface area contributed by atoms with Gasteiger partial charge in [-0.15, -0.1) is 0 Å². The van der Waals surface area contributed by atoms with Gasteiger partial charge in [0.2, 0.25) is 5.88 Å². The van der Waals surface area contributed by atoms with Gasteiger partial charge < -0.3 is 18.9 Å². The predicted molar refractivity (Wildman–Crippen MR) is 149 cm³/mol. The fourth-order valence-electron chi connectivity index (χ4n) is 5.23. The van der Waals surface area contributed by atoms with Crippen molar-refractivity contribution in [3.05, 3.63) is 58.8 Å². The van der Waals surface area contributed by atoms with Gasteiger partial charge >= 0.3 is 5.97 Å². The Morgan fingerprint density at radius 1 is 1.10 bits per heavy atom. The number of fused-ring (bicyclic) bond motifs is 1. The van der Waals surface area contributed by atoms with Gasteiger partial charge in [-0.25, -0.2) is 9.48 Å². The average Bonchev–Trinajstić information content (AvgIpc) is 3.58. The maximum absolute atomic E-state index is 12.0. The quantitative estimate of drug-likeness (QED) is 0.172. The molecule has 1 saturated carbocycles. The molecule has 11 heteroatoms. The van der Waals surface area contributed by atoms with Gasteiger partial charge in [-0.05, 0) is 49.6 Å². The van der Waals surface area contributed by atoms with Crippen molar-refractivity contribution in [2.24, 2.45) is 0 Å². The van der Waals surface area contributed by atoms with Crippen LogP contribution >= 0.6 is 11.7 Å². The van der Waals surface area contributed by atoms with E-state index in [9.17, 15) is 9.59 Å². The fourth-order valence-corrected chi connectivity index (χ4v) is 5.74. The summed E-state index contributed by atoms with van der Waals surface area (Å²) < 4.78 is 32.2. The summed E-state index contributed by atoms with van der Waals surface area (Å²) in [7, 11) is 1.56. The molecule has 4 aromatic rings.